The first-order chi connectivity index (χ1) is 12.5. The number of ketones is 1. The van der Waals surface area contributed by atoms with Gasteiger partial charge in [0.05, 0.1) is 18.6 Å². The van der Waals surface area contributed by atoms with Crippen LogP contribution in [0.15, 0.2) is 53.4 Å². The highest BCUT2D eigenvalue weighted by Gasteiger charge is 2.36. The van der Waals surface area contributed by atoms with Crippen molar-refractivity contribution in [3.63, 3.8) is 0 Å². The van der Waals surface area contributed by atoms with E-state index in [2.05, 4.69) is 0 Å². The number of thioether (sulfide) groups is 1. The lowest BCUT2D eigenvalue weighted by molar-refractivity contribution is -0.122. The van der Waals surface area contributed by atoms with Gasteiger partial charge in [0.25, 0.3) is 11.1 Å². The van der Waals surface area contributed by atoms with E-state index in [0.717, 1.165) is 22.2 Å². The number of amides is 2. The molecular formula is C19H14ClNO4S. The number of rotatable bonds is 5. The molecule has 0 N–H and O–H groups in total. The van der Waals surface area contributed by atoms with Gasteiger partial charge in [-0.15, -0.1) is 0 Å². The molecule has 0 aromatic heterocycles. The Labute approximate surface area is 159 Å². The van der Waals surface area contributed by atoms with Crippen LogP contribution >= 0.6 is 23.4 Å². The molecule has 0 aliphatic carbocycles. The highest BCUT2D eigenvalue weighted by molar-refractivity contribution is 8.18. The van der Waals surface area contributed by atoms with Crippen LogP contribution in [-0.4, -0.2) is 35.5 Å². The minimum Gasteiger partial charge on any atom is -0.497 e. The second-order valence-corrected chi connectivity index (χ2v) is 6.90. The van der Waals surface area contributed by atoms with Gasteiger partial charge in [0.15, 0.2) is 5.78 Å². The lowest BCUT2D eigenvalue weighted by Gasteiger charge is -2.11. The maximum atomic E-state index is 12.5. The molecule has 2 aromatic rings. The Balaban J connectivity index is 1.74. The molecule has 1 fully saturated rings. The Hall–Kier alpha value is -2.57. The molecule has 132 valence electrons. The van der Waals surface area contributed by atoms with Crippen molar-refractivity contribution in [1.29, 1.82) is 0 Å². The van der Waals surface area contributed by atoms with Crippen LogP contribution in [0.4, 0.5) is 4.79 Å². The molecule has 5 nitrogen and oxygen atoms in total. The molecule has 0 spiro atoms. The van der Waals surface area contributed by atoms with E-state index in [1.165, 1.54) is 0 Å². The molecule has 2 aromatic carbocycles. The summed E-state index contributed by atoms with van der Waals surface area (Å²) in [6, 6.07) is 13.4. The normalized spacial score (nSPS) is 15.6. The predicted octanol–water partition coefficient (Wildman–Crippen LogP) is 4.27. The van der Waals surface area contributed by atoms with Crippen LogP contribution in [0.25, 0.3) is 6.08 Å². The zero-order chi connectivity index (χ0) is 18.7. The van der Waals surface area contributed by atoms with Crippen molar-refractivity contribution >= 4 is 46.4 Å². The highest BCUT2D eigenvalue weighted by Crippen LogP contribution is 2.32. The first-order valence-corrected chi connectivity index (χ1v) is 8.85. The molecule has 2 amide bonds. The Bertz CT molecular complexity index is 891. The van der Waals surface area contributed by atoms with Gasteiger partial charge in [0, 0.05) is 10.6 Å². The summed E-state index contributed by atoms with van der Waals surface area (Å²) in [4.78, 5) is 38.2. The number of imide groups is 1. The van der Waals surface area contributed by atoms with Gasteiger partial charge < -0.3 is 4.74 Å². The van der Waals surface area contributed by atoms with E-state index in [1.807, 2.05) is 0 Å². The van der Waals surface area contributed by atoms with Crippen molar-refractivity contribution in [3.8, 4) is 5.75 Å². The fourth-order valence-electron chi connectivity index (χ4n) is 2.36. The number of methoxy groups -OCH3 is 1. The molecule has 1 aliphatic heterocycles. The van der Waals surface area contributed by atoms with Crippen molar-refractivity contribution in [3.05, 3.63) is 69.6 Å². The van der Waals surface area contributed by atoms with Gasteiger partial charge in [-0.1, -0.05) is 23.7 Å². The van der Waals surface area contributed by atoms with Crippen LogP contribution in [-0.2, 0) is 4.79 Å². The van der Waals surface area contributed by atoms with E-state index in [0.29, 0.717) is 16.3 Å². The molecule has 0 atom stereocenters. The zero-order valence-corrected chi connectivity index (χ0v) is 15.3. The van der Waals surface area contributed by atoms with Crippen molar-refractivity contribution in [1.82, 2.24) is 4.90 Å². The summed E-state index contributed by atoms with van der Waals surface area (Å²) >= 11 is 6.62. The number of benzene rings is 2. The molecule has 26 heavy (non-hydrogen) atoms. The van der Waals surface area contributed by atoms with Gasteiger partial charge in [-0.2, -0.15) is 0 Å². The lowest BCUT2D eigenvalue weighted by atomic mass is 10.1. The largest absolute Gasteiger partial charge is 0.497 e. The van der Waals surface area contributed by atoms with E-state index in [1.54, 1.807) is 61.7 Å². The first-order valence-electron chi connectivity index (χ1n) is 7.66. The van der Waals surface area contributed by atoms with Crippen LogP contribution in [0.1, 0.15) is 15.9 Å². The van der Waals surface area contributed by atoms with E-state index in [4.69, 9.17) is 16.3 Å². The van der Waals surface area contributed by atoms with E-state index in [-0.39, 0.29) is 17.2 Å². The molecule has 0 bridgehead atoms. The second-order valence-electron chi connectivity index (χ2n) is 5.47. The standard InChI is InChI=1S/C19H14ClNO4S/c1-25-15-8-2-12(3-9-15)10-17-18(23)21(19(24)26-17)11-16(22)13-4-6-14(20)7-5-13/h2-10H,11H2,1H3/b17-10+. The second kappa shape index (κ2) is 7.76. The average molecular weight is 388 g/mol. The van der Waals surface area contributed by atoms with E-state index in [9.17, 15) is 14.4 Å². The fraction of sp³-hybridized carbons (Fsp3) is 0.105. The van der Waals surface area contributed by atoms with Crippen LogP contribution in [0.2, 0.25) is 5.02 Å². The van der Waals surface area contributed by atoms with Gasteiger partial charge in [0.1, 0.15) is 5.75 Å². The predicted molar refractivity (Wildman–Crippen MR) is 101 cm³/mol. The molecule has 7 heteroatoms. The molecule has 1 aliphatic rings. The summed E-state index contributed by atoms with van der Waals surface area (Å²) in [7, 11) is 1.57. The van der Waals surface area contributed by atoms with Crippen molar-refractivity contribution in [2.45, 2.75) is 0 Å². The Morgan fingerprint density at radius 3 is 2.38 bits per heavy atom. The van der Waals surface area contributed by atoms with Gasteiger partial charge in [-0.3, -0.25) is 19.3 Å². The third kappa shape index (κ3) is 3.98. The van der Waals surface area contributed by atoms with Crippen molar-refractivity contribution in [2.24, 2.45) is 0 Å². The molecule has 0 radical (unpaired) electrons. The molecular weight excluding hydrogens is 374 g/mol. The van der Waals surface area contributed by atoms with Crippen LogP contribution in [0.3, 0.4) is 0 Å². The quantitative estimate of drug-likeness (QED) is 0.566. The Kier molecular flexibility index (Phi) is 5.44. The number of hydrogen-bond donors (Lipinski definition) is 0. The minimum absolute atomic E-state index is 0.282. The third-order valence-electron chi connectivity index (χ3n) is 3.76. The smallest absolute Gasteiger partial charge is 0.293 e. The van der Waals surface area contributed by atoms with Gasteiger partial charge >= 0.3 is 0 Å². The SMILES string of the molecule is COc1ccc(/C=C2/SC(=O)N(CC(=O)c3ccc(Cl)cc3)C2=O)cc1. The van der Waals surface area contributed by atoms with Gasteiger partial charge in [0.2, 0.25) is 0 Å². The number of ether oxygens (including phenoxy) is 1. The number of halogens is 1. The summed E-state index contributed by atoms with van der Waals surface area (Å²) in [6.07, 6.45) is 1.62. The summed E-state index contributed by atoms with van der Waals surface area (Å²) in [5, 5.41) is 0.0483. The number of nitrogens with zero attached hydrogens (tertiary/aromatic N) is 1. The van der Waals surface area contributed by atoms with E-state index < -0.39 is 11.1 Å². The summed E-state index contributed by atoms with van der Waals surface area (Å²) < 4.78 is 5.09. The summed E-state index contributed by atoms with van der Waals surface area (Å²) in [5.74, 6) is -0.100. The Morgan fingerprint density at radius 2 is 1.77 bits per heavy atom. The first kappa shape index (κ1) is 18.2. The number of hydrogen-bond acceptors (Lipinski definition) is 5. The van der Waals surface area contributed by atoms with Crippen LogP contribution in [0, 0.1) is 0 Å². The van der Waals surface area contributed by atoms with Gasteiger partial charge in [-0.05, 0) is 59.8 Å². The minimum atomic E-state index is -0.474. The summed E-state index contributed by atoms with van der Waals surface area (Å²) in [6.45, 7) is -0.299. The highest BCUT2D eigenvalue weighted by atomic mass is 35.5. The van der Waals surface area contributed by atoms with Crippen molar-refractivity contribution < 1.29 is 19.1 Å². The molecule has 1 saturated heterocycles. The van der Waals surface area contributed by atoms with Crippen molar-refractivity contribution in [2.75, 3.05) is 13.7 Å². The zero-order valence-electron chi connectivity index (χ0n) is 13.8. The number of carbonyl (C=O) groups excluding carboxylic acids is 3. The third-order valence-corrected chi connectivity index (χ3v) is 4.91. The van der Waals surface area contributed by atoms with E-state index >= 15 is 0 Å². The average Bonchev–Trinajstić information content (AvgIpc) is 2.90. The number of Topliss-reactive ketones (excluding diaryl/α,β-unsaturated/α-hetero) is 1. The molecule has 1 heterocycles. The summed E-state index contributed by atoms with van der Waals surface area (Å²) in [5.41, 5.74) is 1.16. The van der Waals surface area contributed by atoms with Crippen LogP contribution < -0.4 is 4.74 Å². The topological polar surface area (TPSA) is 63.7 Å². The van der Waals surface area contributed by atoms with Gasteiger partial charge in [-0.25, -0.2) is 0 Å². The molecule has 0 unspecified atom stereocenters. The number of carbonyl (C=O) groups is 3. The van der Waals surface area contributed by atoms with Crippen LogP contribution in [0.5, 0.6) is 5.75 Å². The Morgan fingerprint density at radius 1 is 1.12 bits per heavy atom. The lowest BCUT2D eigenvalue weighted by Crippen LogP contribution is -2.33. The monoisotopic (exact) mass is 387 g/mol. The maximum absolute atomic E-state index is 12.5. The molecule has 3 rings (SSSR count). The molecule has 0 saturated carbocycles. The fourth-order valence-corrected chi connectivity index (χ4v) is 3.32. The maximum Gasteiger partial charge on any atom is 0.293 e.